The molecular formula is C13H8ClN3O2. The molecule has 0 N–H and O–H groups in total. The summed E-state index contributed by atoms with van der Waals surface area (Å²) in [5.41, 5.74) is 1.37. The van der Waals surface area contributed by atoms with Crippen molar-refractivity contribution in [2.75, 3.05) is 0 Å². The van der Waals surface area contributed by atoms with Crippen molar-refractivity contribution in [3.63, 3.8) is 0 Å². The predicted octanol–water partition coefficient (Wildman–Crippen LogP) is 1.93. The summed E-state index contributed by atoms with van der Waals surface area (Å²) in [6.07, 6.45) is 1.30. The maximum Gasteiger partial charge on any atom is 0.261 e. The SMILES string of the molecule is O=C1c2ccccc2C(=O)N1Cc1cc(Cl)ncn1. The monoisotopic (exact) mass is 273 g/mol. The van der Waals surface area contributed by atoms with Crippen LogP contribution in [0.15, 0.2) is 36.7 Å². The van der Waals surface area contributed by atoms with E-state index in [9.17, 15) is 9.59 Å². The molecular weight excluding hydrogens is 266 g/mol. The number of halogens is 1. The van der Waals surface area contributed by atoms with Crippen LogP contribution < -0.4 is 0 Å². The molecule has 19 heavy (non-hydrogen) atoms. The number of benzene rings is 1. The second-order valence-electron chi connectivity index (χ2n) is 4.07. The van der Waals surface area contributed by atoms with Gasteiger partial charge in [0.15, 0.2) is 0 Å². The van der Waals surface area contributed by atoms with Crippen molar-refractivity contribution in [1.29, 1.82) is 0 Å². The van der Waals surface area contributed by atoms with Gasteiger partial charge in [0.25, 0.3) is 11.8 Å². The molecule has 1 aliphatic heterocycles. The first kappa shape index (κ1) is 11.8. The van der Waals surface area contributed by atoms with Gasteiger partial charge in [0.05, 0.1) is 23.4 Å². The van der Waals surface area contributed by atoms with Crippen LogP contribution in [0.25, 0.3) is 0 Å². The van der Waals surface area contributed by atoms with E-state index >= 15 is 0 Å². The van der Waals surface area contributed by atoms with Crippen LogP contribution in [0.1, 0.15) is 26.4 Å². The van der Waals surface area contributed by atoms with Gasteiger partial charge in [-0.2, -0.15) is 0 Å². The first-order valence-corrected chi connectivity index (χ1v) is 5.96. The highest BCUT2D eigenvalue weighted by molar-refractivity contribution is 6.29. The number of imide groups is 1. The number of hydrogen-bond donors (Lipinski definition) is 0. The molecule has 0 saturated heterocycles. The quantitative estimate of drug-likeness (QED) is 0.619. The van der Waals surface area contributed by atoms with Gasteiger partial charge in [0.1, 0.15) is 11.5 Å². The Hall–Kier alpha value is -2.27. The van der Waals surface area contributed by atoms with Crippen LogP contribution in [0.3, 0.4) is 0 Å². The zero-order valence-corrected chi connectivity index (χ0v) is 10.5. The molecule has 0 radical (unpaired) electrons. The third-order valence-corrected chi connectivity index (χ3v) is 3.10. The van der Waals surface area contributed by atoms with Crippen molar-refractivity contribution in [1.82, 2.24) is 14.9 Å². The number of amides is 2. The maximum atomic E-state index is 12.1. The molecule has 0 spiro atoms. The van der Waals surface area contributed by atoms with Crippen LogP contribution in [0.5, 0.6) is 0 Å². The van der Waals surface area contributed by atoms with Crippen molar-refractivity contribution in [3.05, 3.63) is 58.6 Å². The smallest absolute Gasteiger partial charge is 0.261 e. The highest BCUT2D eigenvalue weighted by atomic mass is 35.5. The lowest BCUT2D eigenvalue weighted by Gasteiger charge is -2.12. The fraction of sp³-hybridized carbons (Fsp3) is 0.0769. The van der Waals surface area contributed by atoms with Gasteiger partial charge in [-0.3, -0.25) is 14.5 Å². The normalized spacial score (nSPS) is 13.8. The van der Waals surface area contributed by atoms with E-state index in [1.165, 1.54) is 12.4 Å². The highest BCUT2D eigenvalue weighted by Crippen LogP contribution is 2.23. The molecule has 1 aromatic heterocycles. The van der Waals surface area contributed by atoms with Gasteiger partial charge >= 0.3 is 0 Å². The Labute approximate surface area is 113 Å². The number of fused-ring (bicyclic) bond motifs is 1. The van der Waals surface area contributed by atoms with Gasteiger partial charge in [-0.25, -0.2) is 9.97 Å². The minimum Gasteiger partial charge on any atom is -0.269 e. The molecule has 0 fully saturated rings. The van der Waals surface area contributed by atoms with Crippen molar-refractivity contribution < 1.29 is 9.59 Å². The Morgan fingerprint density at radius 3 is 2.26 bits per heavy atom. The zero-order valence-electron chi connectivity index (χ0n) is 9.71. The first-order chi connectivity index (χ1) is 9.16. The van der Waals surface area contributed by atoms with Crippen LogP contribution in [0, 0.1) is 0 Å². The van der Waals surface area contributed by atoms with E-state index in [0.717, 1.165) is 4.90 Å². The lowest BCUT2D eigenvalue weighted by atomic mass is 10.1. The maximum absolute atomic E-state index is 12.1. The number of nitrogens with zero attached hydrogens (tertiary/aromatic N) is 3. The number of hydrogen-bond acceptors (Lipinski definition) is 4. The first-order valence-electron chi connectivity index (χ1n) is 5.58. The molecule has 94 valence electrons. The average Bonchev–Trinajstić information content (AvgIpc) is 2.65. The van der Waals surface area contributed by atoms with Crippen LogP contribution in [0.2, 0.25) is 5.15 Å². The Bertz CT molecular complexity index is 652. The molecule has 2 heterocycles. The second-order valence-corrected chi connectivity index (χ2v) is 4.46. The van der Waals surface area contributed by atoms with Crippen molar-refractivity contribution in [3.8, 4) is 0 Å². The molecule has 0 aliphatic carbocycles. The van der Waals surface area contributed by atoms with Crippen LogP contribution >= 0.6 is 11.6 Å². The lowest BCUT2D eigenvalue weighted by molar-refractivity contribution is 0.0640. The fourth-order valence-electron chi connectivity index (χ4n) is 2.00. The molecule has 0 saturated carbocycles. The fourth-order valence-corrected chi connectivity index (χ4v) is 2.17. The summed E-state index contributed by atoms with van der Waals surface area (Å²) in [6.45, 7) is 0.0919. The van der Waals surface area contributed by atoms with Crippen LogP contribution in [0.4, 0.5) is 0 Å². The van der Waals surface area contributed by atoms with Gasteiger partial charge < -0.3 is 0 Å². The molecule has 2 amide bonds. The lowest BCUT2D eigenvalue weighted by Crippen LogP contribution is -2.29. The van der Waals surface area contributed by atoms with Gasteiger partial charge in [0, 0.05) is 0 Å². The summed E-state index contributed by atoms with van der Waals surface area (Å²) in [4.78, 5) is 33.2. The molecule has 6 heteroatoms. The summed E-state index contributed by atoms with van der Waals surface area (Å²) < 4.78 is 0. The van der Waals surface area contributed by atoms with E-state index in [1.807, 2.05) is 0 Å². The minimum absolute atomic E-state index is 0.0919. The molecule has 0 atom stereocenters. The van der Waals surface area contributed by atoms with E-state index in [1.54, 1.807) is 24.3 Å². The van der Waals surface area contributed by atoms with E-state index in [-0.39, 0.29) is 23.5 Å². The molecule has 0 bridgehead atoms. The largest absolute Gasteiger partial charge is 0.269 e. The van der Waals surface area contributed by atoms with E-state index in [4.69, 9.17) is 11.6 Å². The Morgan fingerprint density at radius 1 is 1.05 bits per heavy atom. The number of rotatable bonds is 2. The Kier molecular flexibility index (Phi) is 2.76. The van der Waals surface area contributed by atoms with Crippen molar-refractivity contribution >= 4 is 23.4 Å². The minimum atomic E-state index is -0.310. The Balaban J connectivity index is 1.92. The van der Waals surface area contributed by atoms with Crippen molar-refractivity contribution in [2.24, 2.45) is 0 Å². The van der Waals surface area contributed by atoms with Crippen LogP contribution in [-0.2, 0) is 6.54 Å². The third kappa shape index (κ3) is 1.98. The summed E-state index contributed by atoms with van der Waals surface area (Å²) >= 11 is 5.75. The highest BCUT2D eigenvalue weighted by Gasteiger charge is 2.35. The molecule has 3 rings (SSSR count). The van der Waals surface area contributed by atoms with E-state index in [2.05, 4.69) is 9.97 Å². The topological polar surface area (TPSA) is 63.2 Å². The Morgan fingerprint density at radius 2 is 1.68 bits per heavy atom. The summed E-state index contributed by atoms with van der Waals surface area (Å²) in [5, 5.41) is 0.279. The summed E-state index contributed by atoms with van der Waals surface area (Å²) in [5.74, 6) is -0.620. The standard InChI is InChI=1S/C13H8ClN3O2/c14-11-5-8(15-7-16-11)6-17-12(18)9-3-1-2-4-10(9)13(17)19/h1-5,7H,6H2. The molecule has 0 unspecified atom stereocenters. The van der Waals surface area contributed by atoms with Gasteiger partial charge in [-0.05, 0) is 18.2 Å². The van der Waals surface area contributed by atoms with E-state index in [0.29, 0.717) is 16.8 Å². The average molecular weight is 274 g/mol. The van der Waals surface area contributed by atoms with Crippen molar-refractivity contribution in [2.45, 2.75) is 6.54 Å². The summed E-state index contributed by atoms with van der Waals surface area (Å²) in [6, 6.07) is 8.28. The van der Waals surface area contributed by atoms with E-state index < -0.39 is 0 Å². The van der Waals surface area contributed by atoms with Gasteiger partial charge in [-0.15, -0.1) is 0 Å². The van der Waals surface area contributed by atoms with Gasteiger partial charge in [-0.1, -0.05) is 23.7 Å². The van der Waals surface area contributed by atoms with Gasteiger partial charge in [0.2, 0.25) is 0 Å². The molecule has 5 nitrogen and oxygen atoms in total. The molecule has 1 aromatic carbocycles. The molecule has 2 aromatic rings. The number of aromatic nitrogens is 2. The number of carbonyl (C=O) groups excluding carboxylic acids is 2. The van der Waals surface area contributed by atoms with Crippen LogP contribution in [-0.4, -0.2) is 26.7 Å². The third-order valence-electron chi connectivity index (χ3n) is 2.89. The summed E-state index contributed by atoms with van der Waals surface area (Å²) in [7, 11) is 0. The zero-order chi connectivity index (χ0) is 13.4. The second kappa shape index (κ2) is 4.44. The molecule has 1 aliphatic rings. The number of carbonyl (C=O) groups is 2. The predicted molar refractivity (Wildman–Crippen MR) is 67.7 cm³/mol.